The summed E-state index contributed by atoms with van der Waals surface area (Å²) in [5.41, 5.74) is 6.73. The minimum absolute atomic E-state index is 0.0646. The third kappa shape index (κ3) is 2.19. The standard InChI is InChI=1S/C12H13N5O2/c13-9-3-6-11-14-12(15-16(11)7-9)8-1-4-10(5-2-8)17(18)19/h1-2,4-5,9H,3,6-7,13H2. The largest absolute Gasteiger partial charge is 0.326 e. The summed E-state index contributed by atoms with van der Waals surface area (Å²) < 4.78 is 1.82. The van der Waals surface area contributed by atoms with Crippen LogP contribution in [0.5, 0.6) is 0 Å². The highest BCUT2D eigenvalue weighted by molar-refractivity contribution is 5.57. The molecule has 0 aliphatic carbocycles. The highest BCUT2D eigenvalue weighted by atomic mass is 16.6. The van der Waals surface area contributed by atoms with E-state index in [2.05, 4.69) is 10.1 Å². The zero-order valence-corrected chi connectivity index (χ0v) is 10.2. The summed E-state index contributed by atoms with van der Waals surface area (Å²) in [5, 5.41) is 15.0. The molecule has 1 aromatic heterocycles. The van der Waals surface area contributed by atoms with Gasteiger partial charge in [-0.2, -0.15) is 5.10 Å². The second kappa shape index (κ2) is 4.43. The van der Waals surface area contributed by atoms with Crippen molar-refractivity contribution in [3.63, 3.8) is 0 Å². The molecular formula is C12H13N5O2. The lowest BCUT2D eigenvalue weighted by molar-refractivity contribution is -0.384. The molecule has 0 amide bonds. The van der Waals surface area contributed by atoms with Crippen molar-refractivity contribution >= 4 is 5.69 Å². The predicted octanol–water partition coefficient (Wildman–Crippen LogP) is 1.13. The molecule has 98 valence electrons. The van der Waals surface area contributed by atoms with Gasteiger partial charge in [0.1, 0.15) is 5.82 Å². The summed E-state index contributed by atoms with van der Waals surface area (Å²) in [6.45, 7) is 0.676. The Morgan fingerprint density at radius 3 is 2.79 bits per heavy atom. The fourth-order valence-electron chi connectivity index (χ4n) is 2.19. The first kappa shape index (κ1) is 11.8. The van der Waals surface area contributed by atoms with Gasteiger partial charge in [-0.25, -0.2) is 9.67 Å². The van der Waals surface area contributed by atoms with Gasteiger partial charge < -0.3 is 5.73 Å². The Labute approximate surface area is 109 Å². The molecule has 19 heavy (non-hydrogen) atoms. The number of non-ortho nitro benzene ring substituents is 1. The molecule has 3 rings (SSSR count). The van der Waals surface area contributed by atoms with Crippen LogP contribution in [-0.2, 0) is 13.0 Å². The smallest absolute Gasteiger partial charge is 0.269 e. The first-order valence-electron chi connectivity index (χ1n) is 6.07. The van der Waals surface area contributed by atoms with Gasteiger partial charge in [-0.05, 0) is 18.6 Å². The molecule has 0 bridgehead atoms. The van der Waals surface area contributed by atoms with E-state index in [1.807, 2.05) is 4.68 Å². The Kier molecular flexibility index (Phi) is 2.75. The van der Waals surface area contributed by atoms with E-state index < -0.39 is 4.92 Å². The third-order valence-electron chi connectivity index (χ3n) is 3.23. The fourth-order valence-corrected chi connectivity index (χ4v) is 2.19. The van der Waals surface area contributed by atoms with Gasteiger partial charge in [0.15, 0.2) is 5.82 Å². The van der Waals surface area contributed by atoms with Crippen molar-refractivity contribution in [1.29, 1.82) is 0 Å². The summed E-state index contributed by atoms with van der Waals surface area (Å²) in [6, 6.07) is 6.37. The summed E-state index contributed by atoms with van der Waals surface area (Å²) in [5.74, 6) is 1.52. The molecule has 7 nitrogen and oxygen atoms in total. The van der Waals surface area contributed by atoms with E-state index in [0.29, 0.717) is 12.4 Å². The van der Waals surface area contributed by atoms with Crippen molar-refractivity contribution in [2.24, 2.45) is 5.73 Å². The van der Waals surface area contributed by atoms with Gasteiger partial charge in [0, 0.05) is 30.2 Å². The monoisotopic (exact) mass is 259 g/mol. The maximum atomic E-state index is 10.6. The number of nitro benzene ring substituents is 1. The minimum Gasteiger partial charge on any atom is -0.326 e. The summed E-state index contributed by atoms with van der Waals surface area (Å²) in [4.78, 5) is 14.6. The Balaban J connectivity index is 1.92. The average molecular weight is 259 g/mol. The molecule has 0 saturated carbocycles. The van der Waals surface area contributed by atoms with Crippen molar-refractivity contribution in [2.45, 2.75) is 25.4 Å². The Bertz CT molecular complexity index is 620. The van der Waals surface area contributed by atoms with Crippen molar-refractivity contribution in [2.75, 3.05) is 0 Å². The molecule has 2 aromatic rings. The number of nitrogens with two attached hydrogens (primary N) is 1. The molecule has 0 radical (unpaired) electrons. The topological polar surface area (TPSA) is 99.9 Å². The van der Waals surface area contributed by atoms with Crippen LogP contribution in [0.15, 0.2) is 24.3 Å². The molecule has 0 saturated heterocycles. The van der Waals surface area contributed by atoms with Gasteiger partial charge in [-0.1, -0.05) is 0 Å². The van der Waals surface area contributed by atoms with Gasteiger partial charge in [-0.15, -0.1) is 0 Å². The van der Waals surface area contributed by atoms with Crippen LogP contribution in [0, 0.1) is 10.1 Å². The Morgan fingerprint density at radius 2 is 2.11 bits per heavy atom. The number of hydrogen-bond acceptors (Lipinski definition) is 5. The molecule has 1 aromatic carbocycles. The van der Waals surface area contributed by atoms with Crippen LogP contribution in [0.1, 0.15) is 12.2 Å². The molecule has 1 aliphatic heterocycles. The van der Waals surface area contributed by atoms with Crippen molar-refractivity contribution in [3.8, 4) is 11.4 Å². The third-order valence-corrected chi connectivity index (χ3v) is 3.23. The van der Waals surface area contributed by atoms with E-state index in [0.717, 1.165) is 24.2 Å². The quantitative estimate of drug-likeness (QED) is 0.643. The number of nitro groups is 1. The van der Waals surface area contributed by atoms with E-state index in [9.17, 15) is 10.1 Å². The summed E-state index contributed by atoms with van der Waals surface area (Å²) in [6.07, 6.45) is 1.74. The van der Waals surface area contributed by atoms with E-state index in [4.69, 9.17) is 5.73 Å². The van der Waals surface area contributed by atoms with Gasteiger partial charge in [0.25, 0.3) is 5.69 Å². The molecule has 7 heteroatoms. The van der Waals surface area contributed by atoms with Gasteiger partial charge in [0.05, 0.1) is 11.5 Å². The van der Waals surface area contributed by atoms with Crippen LogP contribution < -0.4 is 5.73 Å². The molecular weight excluding hydrogens is 246 g/mol. The van der Waals surface area contributed by atoms with Gasteiger partial charge in [0.2, 0.25) is 0 Å². The normalized spacial score (nSPS) is 18.1. The minimum atomic E-state index is -0.422. The highest BCUT2D eigenvalue weighted by Crippen LogP contribution is 2.21. The van der Waals surface area contributed by atoms with Crippen LogP contribution >= 0.6 is 0 Å². The lowest BCUT2D eigenvalue weighted by Crippen LogP contribution is -2.32. The predicted molar refractivity (Wildman–Crippen MR) is 68.4 cm³/mol. The molecule has 2 N–H and O–H groups in total. The number of nitrogens with zero attached hydrogens (tertiary/aromatic N) is 4. The summed E-state index contributed by atoms with van der Waals surface area (Å²) >= 11 is 0. The van der Waals surface area contributed by atoms with Crippen LogP contribution in [0.2, 0.25) is 0 Å². The first-order valence-corrected chi connectivity index (χ1v) is 6.07. The van der Waals surface area contributed by atoms with Crippen LogP contribution in [0.3, 0.4) is 0 Å². The maximum Gasteiger partial charge on any atom is 0.269 e. The van der Waals surface area contributed by atoms with E-state index in [1.54, 1.807) is 12.1 Å². The van der Waals surface area contributed by atoms with E-state index in [1.165, 1.54) is 12.1 Å². The Morgan fingerprint density at radius 1 is 1.37 bits per heavy atom. The zero-order valence-electron chi connectivity index (χ0n) is 10.2. The van der Waals surface area contributed by atoms with Crippen LogP contribution in [0.25, 0.3) is 11.4 Å². The number of aryl methyl sites for hydroxylation is 1. The van der Waals surface area contributed by atoms with Gasteiger partial charge >= 0.3 is 0 Å². The lowest BCUT2D eigenvalue weighted by atomic mass is 10.1. The Hall–Kier alpha value is -2.28. The first-order chi connectivity index (χ1) is 9.13. The SMILES string of the molecule is NC1CCc2nc(-c3ccc([N+](=O)[O-])cc3)nn2C1. The van der Waals surface area contributed by atoms with Gasteiger partial charge in [-0.3, -0.25) is 10.1 Å². The van der Waals surface area contributed by atoms with Crippen molar-refractivity contribution < 1.29 is 4.92 Å². The average Bonchev–Trinajstić information content (AvgIpc) is 2.81. The number of fused-ring (bicyclic) bond motifs is 1. The molecule has 2 heterocycles. The van der Waals surface area contributed by atoms with Crippen LogP contribution in [-0.4, -0.2) is 25.7 Å². The van der Waals surface area contributed by atoms with Crippen molar-refractivity contribution in [1.82, 2.24) is 14.8 Å². The van der Waals surface area contributed by atoms with E-state index >= 15 is 0 Å². The second-order valence-corrected chi connectivity index (χ2v) is 4.64. The molecule has 1 unspecified atom stereocenters. The van der Waals surface area contributed by atoms with Crippen molar-refractivity contribution in [3.05, 3.63) is 40.2 Å². The molecule has 0 spiro atoms. The maximum absolute atomic E-state index is 10.6. The number of hydrogen-bond donors (Lipinski definition) is 1. The fraction of sp³-hybridized carbons (Fsp3) is 0.333. The lowest BCUT2D eigenvalue weighted by Gasteiger charge is -2.17. The zero-order chi connectivity index (χ0) is 13.4. The number of benzene rings is 1. The van der Waals surface area contributed by atoms with Crippen LogP contribution in [0.4, 0.5) is 5.69 Å². The summed E-state index contributed by atoms with van der Waals surface area (Å²) in [7, 11) is 0. The molecule has 0 fully saturated rings. The number of rotatable bonds is 2. The molecule has 1 atom stereocenters. The second-order valence-electron chi connectivity index (χ2n) is 4.64. The number of aromatic nitrogens is 3. The molecule has 1 aliphatic rings. The highest BCUT2D eigenvalue weighted by Gasteiger charge is 2.19. The van der Waals surface area contributed by atoms with E-state index in [-0.39, 0.29) is 11.7 Å².